The van der Waals surface area contributed by atoms with Gasteiger partial charge in [0.2, 0.25) is 0 Å². The first kappa shape index (κ1) is 78.4. The Morgan fingerprint density at radius 3 is 0.753 bits per heavy atom. The molecule has 474 valence electrons. The minimum atomic E-state index is -0.781. The molecule has 0 aliphatic heterocycles. The lowest BCUT2D eigenvalue weighted by Crippen LogP contribution is -2.30. The van der Waals surface area contributed by atoms with Gasteiger partial charge < -0.3 is 14.2 Å². The highest BCUT2D eigenvalue weighted by atomic mass is 16.6. The van der Waals surface area contributed by atoms with E-state index in [1.54, 1.807) is 0 Å². The third-order valence-electron chi connectivity index (χ3n) is 16.3. The van der Waals surface area contributed by atoms with Crippen molar-refractivity contribution in [3.05, 3.63) is 48.6 Å². The summed E-state index contributed by atoms with van der Waals surface area (Å²) in [5.74, 6) is -0.871. The van der Waals surface area contributed by atoms with E-state index in [1.165, 1.54) is 263 Å². The summed E-state index contributed by atoms with van der Waals surface area (Å²) in [5.41, 5.74) is 0. The molecule has 0 amide bonds. The molecule has 0 saturated heterocycles. The predicted octanol–water partition coefficient (Wildman–Crippen LogP) is 24.9. The lowest BCUT2D eigenvalue weighted by atomic mass is 10.0. The number of rotatable bonds is 67. The minimum absolute atomic E-state index is 0.0756. The number of allylic oxidation sites excluding steroid dienone is 8. The van der Waals surface area contributed by atoms with Crippen LogP contribution in [0.25, 0.3) is 0 Å². The Morgan fingerprint density at radius 2 is 0.469 bits per heavy atom. The molecule has 0 aliphatic carbocycles. The van der Waals surface area contributed by atoms with Crippen LogP contribution in [0.1, 0.15) is 393 Å². The lowest BCUT2D eigenvalue weighted by Gasteiger charge is -2.18. The highest BCUT2D eigenvalue weighted by molar-refractivity contribution is 5.71. The molecule has 1 atom stereocenters. The van der Waals surface area contributed by atoms with Crippen molar-refractivity contribution in [3.63, 3.8) is 0 Å². The van der Waals surface area contributed by atoms with Crippen LogP contribution in [-0.2, 0) is 28.6 Å². The maximum atomic E-state index is 12.9. The summed E-state index contributed by atoms with van der Waals surface area (Å²) in [5, 5.41) is 0. The van der Waals surface area contributed by atoms with Gasteiger partial charge in [0.1, 0.15) is 13.2 Å². The number of carbonyl (C=O) groups is 3. The van der Waals surface area contributed by atoms with Crippen molar-refractivity contribution in [2.45, 2.75) is 399 Å². The second-order valence-corrected chi connectivity index (χ2v) is 24.5. The average molecular weight is 1140 g/mol. The molecule has 0 heterocycles. The predicted molar refractivity (Wildman–Crippen MR) is 353 cm³/mol. The monoisotopic (exact) mass is 1140 g/mol. The van der Waals surface area contributed by atoms with Gasteiger partial charge in [0.25, 0.3) is 0 Å². The van der Waals surface area contributed by atoms with Crippen molar-refractivity contribution in [1.82, 2.24) is 0 Å². The summed E-state index contributed by atoms with van der Waals surface area (Å²) in [6.07, 6.45) is 88.7. The van der Waals surface area contributed by atoms with Crippen molar-refractivity contribution in [2.24, 2.45) is 0 Å². The van der Waals surface area contributed by atoms with Crippen LogP contribution in [0.15, 0.2) is 48.6 Å². The molecule has 6 nitrogen and oxygen atoms in total. The van der Waals surface area contributed by atoms with Crippen LogP contribution < -0.4 is 0 Å². The van der Waals surface area contributed by atoms with E-state index in [0.717, 1.165) is 89.9 Å². The fraction of sp³-hybridized carbons (Fsp3) is 0.853. The van der Waals surface area contributed by atoms with Crippen LogP contribution in [0, 0.1) is 0 Å². The van der Waals surface area contributed by atoms with Crippen molar-refractivity contribution < 1.29 is 28.6 Å². The zero-order valence-corrected chi connectivity index (χ0v) is 54.6. The number of hydrogen-bond donors (Lipinski definition) is 0. The van der Waals surface area contributed by atoms with Crippen LogP contribution in [0.4, 0.5) is 0 Å². The SMILES string of the molecule is CCC/C=C\C/C=C\CCCCCCCC(=O)OCC(COC(=O)CCCCCCCCCCCCCCCCCCCCCCCCCCCCCCCCC)OC(=O)CCCCCCCCCCC/C=C\C/C=C\CCCCC. The zero-order chi connectivity index (χ0) is 58.5. The molecular weight excluding hydrogens is 997 g/mol. The highest BCUT2D eigenvalue weighted by Crippen LogP contribution is 2.19. The summed E-state index contributed by atoms with van der Waals surface area (Å²) in [6.45, 7) is 6.60. The van der Waals surface area contributed by atoms with Gasteiger partial charge in [-0.1, -0.05) is 345 Å². The van der Waals surface area contributed by atoms with Crippen LogP contribution >= 0.6 is 0 Å². The molecule has 0 N–H and O–H groups in total. The standard InChI is InChI=1S/C75H138O6/c1-4-7-10-13-16-19-22-25-27-29-31-32-33-34-35-36-37-38-39-40-41-42-44-45-47-50-53-56-59-62-65-68-74(77)80-71-72(70-79-73(76)67-64-61-58-55-52-49-24-21-18-15-12-9-6-3)81-75(78)69-66-63-60-57-54-51-48-46-43-30-28-26-23-20-17-14-11-8-5-2/h12,15,17,20-21,24,26,28,72H,4-11,13-14,16,18-19,22-23,25,27,29-71H2,1-3H3/b15-12-,20-17-,24-21-,28-26-. The number of ether oxygens (including phenoxy) is 3. The van der Waals surface area contributed by atoms with Crippen molar-refractivity contribution in [3.8, 4) is 0 Å². The summed E-state index contributed by atoms with van der Waals surface area (Å²) >= 11 is 0. The zero-order valence-electron chi connectivity index (χ0n) is 54.6. The maximum Gasteiger partial charge on any atom is 0.306 e. The number of unbranched alkanes of at least 4 members (excludes halogenated alkanes) is 48. The Morgan fingerprint density at radius 1 is 0.247 bits per heavy atom. The van der Waals surface area contributed by atoms with Crippen LogP contribution in [0.3, 0.4) is 0 Å². The van der Waals surface area contributed by atoms with E-state index < -0.39 is 6.10 Å². The molecule has 0 radical (unpaired) electrons. The van der Waals surface area contributed by atoms with Crippen LogP contribution in [0.2, 0.25) is 0 Å². The minimum Gasteiger partial charge on any atom is -0.462 e. The maximum absolute atomic E-state index is 12.9. The van der Waals surface area contributed by atoms with Crippen molar-refractivity contribution in [2.75, 3.05) is 13.2 Å². The second-order valence-electron chi connectivity index (χ2n) is 24.5. The summed E-state index contributed by atoms with van der Waals surface area (Å²) in [6, 6.07) is 0. The van der Waals surface area contributed by atoms with E-state index in [9.17, 15) is 14.4 Å². The Balaban J connectivity index is 4.15. The molecule has 0 spiro atoms. The largest absolute Gasteiger partial charge is 0.462 e. The summed E-state index contributed by atoms with van der Waals surface area (Å²) in [4.78, 5) is 38.4. The van der Waals surface area contributed by atoms with Crippen molar-refractivity contribution in [1.29, 1.82) is 0 Å². The Labute approximate surface area is 505 Å². The molecule has 0 bridgehead atoms. The normalized spacial score (nSPS) is 12.3. The first-order chi connectivity index (χ1) is 40.0. The molecular formula is C75H138O6. The Kier molecular flexibility index (Phi) is 67.6. The second kappa shape index (κ2) is 69.9. The first-order valence-electron chi connectivity index (χ1n) is 36.1. The van der Waals surface area contributed by atoms with E-state index in [-0.39, 0.29) is 31.1 Å². The van der Waals surface area contributed by atoms with Crippen LogP contribution in [-0.4, -0.2) is 37.2 Å². The van der Waals surface area contributed by atoms with Gasteiger partial charge in [0, 0.05) is 19.3 Å². The van der Waals surface area contributed by atoms with E-state index in [1.807, 2.05) is 0 Å². The van der Waals surface area contributed by atoms with E-state index in [2.05, 4.69) is 69.4 Å². The average Bonchev–Trinajstić information content (AvgIpc) is 3.46. The Hall–Kier alpha value is -2.63. The molecule has 0 aliphatic rings. The molecule has 0 saturated carbocycles. The van der Waals surface area contributed by atoms with Gasteiger partial charge in [-0.05, 0) is 77.0 Å². The third-order valence-corrected chi connectivity index (χ3v) is 16.3. The number of carbonyl (C=O) groups excluding carboxylic acids is 3. The smallest absolute Gasteiger partial charge is 0.306 e. The van der Waals surface area contributed by atoms with Gasteiger partial charge in [0.15, 0.2) is 6.10 Å². The Bertz CT molecular complexity index is 1400. The highest BCUT2D eigenvalue weighted by Gasteiger charge is 2.19. The molecule has 0 fully saturated rings. The van der Waals surface area contributed by atoms with Gasteiger partial charge in [0.05, 0.1) is 0 Å². The molecule has 0 aromatic heterocycles. The first-order valence-corrected chi connectivity index (χ1v) is 36.1. The van der Waals surface area contributed by atoms with Gasteiger partial charge >= 0.3 is 17.9 Å². The molecule has 0 aromatic rings. The summed E-state index contributed by atoms with van der Waals surface area (Å²) in [7, 11) is 0. The summed E-state index contributed by atoms with van der Waals surface area (Å²) < 4.78 is 17.0. The third kappa shape index (κ3) is 68.0. The van der Waals surface area contributed by atoms with E-state index in [4.69, 9.17) is 14.2 Å². The van der Waals surface area contributed by atoms with Gasteiger partial charge in [-0.15, -0.1) is 0 Å². The van der Waals surface area contributed by atoms with Crippen molar-refractivity contribution >= 4 is 17.9 Å². The number of hydrogen-bond acceptors (Lipinski definition) is 6. The van der Waals surface area contributed by atoms with Gasteiger partial charge in [-0.3, -0.25) is 14.4 Å². The van der Waals surface area contributed by atoms with Gasteiger partial charge in [-0.25, -0.2) is 0 Å². The fourth-order valence-corrected chi connectivity index (χ4v) is 10.9. The van der Waals surface area contributed by atoms with E-state index >= 15 is 0 Å². The van der Waals surface area contributed by atoms with Crippen LogP contribution in [0.5, 0.6) is 0 Å². The molecule has 1 unspecified atom stereocenters. The lowest BCUT2D eigenvalue weighted by molar-refractivity contribution is -0.167. The quantitative estimate of drug-likeness (QED) is 0.0261. The van der Waals surface area contributed by atoms with Gasteiger partial charge in [-0.2, -0.15) is 0 Å². The molecule has 0 rings (SSSR count). The van der Waals surface area contributed by atoms with E-state index in [0.29, 0.717) is 19.3 Å². The fourth-order valence-electron chi connectivity index (χ4n) is 10.9. The number of esters is 3. The molecule has 81 heavy (non-hydrogen) atoms. The molecule has 0 aromatic carbocycles. The molecule has 6 heteroatoms. The topological polar surface area (TPSA) is 78.9 Å².